The van der Waals surface area contributed by atoms with Gasteiger partial charge in [-0.05, 0) is 26.5 Å². The Morgan fingerprint density at radius 1 is 1.23 bits per heavy atom. The quantitative estimate of drug-likeness (QED) is 0.520. The summed E-state index contributed by atoms with van der Waals surface area (Å²) in [6.07, 6.45) is 4.75. The third kappa shape index (κ3) is 3.21. The highest BCUT2D eigenvalue weighted by Crippen LogP contribution is 2.38. The first kappa shape index (κ1) is 19.5. The van der Waals surface area contributed by atoms with E-state index in [0.717, 1.165) is 36.2 Å². The lowest BCUT2D eigenvalue weighted by molar-refractivity contribution is 0.418. The van der Waals surface area contributed by atoms with Gasteiger partial charge in [-0.3, -0.25) is 4.68 Å². The fourth-order valence-electron chi connectivity index (χ4n) is 4.25. The van der Waals surface area contributed by atoms with E-state index >= 15 is 0 Å². The molecule has 5 rings (SSSR count). The van der Waals surface area contributed by atoms with E-state index < -0.39 is 0 Å². The minimum atomic E-state index is 0.153. The van der Waals surface area contributed by atoms with Gasteiger partial charge < -0.3 is 20.1 Å². The standard InChI is InChI=1S/C22H25N7O2/c1-12-19-13(10-28(3)27-19)7-15(21(12)30)16-8-17(31-4)20-22(25-16)24-9-18(26-20)29-6-5-14(11-29)23-2/h7-10,14,23,30H,5-6,11H2,1-4H3. The van der Waals surface area contributed by atoms with E-state index in [1.165, 1.54) is 0 Å². The number of hydrogen-bond acceptors (Lipinski definition) is 8. The maximum Gasteiger partial charge on any atom is 0.182 e. The minimum Gasteiger partial charge on any atom is -0.507 e. The van der Waals surface area contributed by atoms with Crippen LogP contribution in [0.4, 0.5) is 5.82 Å². The summed E-state index contributed by atoms with van der Waals surface area (Å²) in [4.78, 5) is 16.3. The molecule has 9 nitrogen and oxygen atoms in total. The second-order valence-electron chi connectivity index (χ2n) is 7.97. The van der Waals surface area contributed by atoms with Crippen LogP contribution in [0.25, 0.3) is 33.3 Å². The van der Waals surface area contributed by atoms with Crippen LogP contribution in [-0.4, -0.2) is 63.1 Å². The molecule has 31 heavy (non-hydrogen) atoms. The highest BCUT2D eigenvalue weighted by atomic mass is 16.5. The van der Waals surface area contributed by atoms with E-state index in [1.54, 1.807) is 24.1 Å². The third-order valence-electron chi connectivity index (χ3n) is 6.01. The number of phenolic OH excluding ortho intramolecular Hbond substituents is 1. The summed E-state index contributed by atoms with van der Waals surface area (Å²) in [5.41, 5.74) is 3.76. The molecule has 0 radical (unpaired) electrons. The number of nitrogens with one attached hydrogen (secondary N) is 1. The normalized spacial score (nSPS) is 16.5. The van der Waals surface area contributed by atoms with Crippen molar-refractivity contribution in [3.8, 4) is 22.8 Å². The molecule has 1 saturated heterocycles. The molecule has 1 fully saturated rings. The molecule has 0 saturated carbocycles. The van der Waals surface area contributed by atoms with Gasteiger partial charge in [0, 0.05) is 55.0 Å². The van der Waals surface area contributed by atoms with Crippen molar-refractivity contribution in [2.75, 3.05) is 32.1 Å². The van der Waals surface area contributed by atoms with E-state index in [1.807, 2.05) is 33.3 Å². The molecule has 1 aliphatic rings. The molecule has 0 bridgehead atoms. The fourth-order valence-corrected chi connectivity index (χ4v) is 4.25. The van der Waals surface area contributed by atoms with Crippen molar-refractivity contribution >= 4 is 27.9 Å². The van der Waals surface area contributed by atoms with Crippen molar-refractivity contribution in [3.63, 3.8) is 0 Å². The van der Waals surface area contributed by atoms with Crippen LogP contribution in [0.1, 0.15) is 12.0 Å². The second-order valence-corrected chi connectivity index (χ2v) is 7.97. The first-order valence-electron chi connectivity index (χ1n) is 10.3. The summed E-state index contributed by atoms with van der Waals surface area (Å²) in [5.74, 6) is 1.54. The Hall–Kier alpha value is -3.46. The molecule has 0 spiro atoms. The molecule has 1 aromatic carbocycles. The number of hydrogen-bond donors (Lipinski definition) is 2. The number of benzene rings is 1. The smallest absolute Gasteiger partial charge is 0.182 e. The Morgan fingerprint density at radius 3 is 2.81 bits per heavy atom. The molecular formula is C22H25N7O2. The van der Waals surface area contributed by atoms with E-state index in [-0.39, 0.29) is 5.75 Å². The zero-order chi connectivity index (χ0) is 21.7. The number of methoxy groups -OCH3 is 1. The van der Waals surface area contributed by atoms with Crippen LogP contribution in [0, 0.1) is 6.92 Å². The number of nitrogens with zero attached hydrogens (tertiary/aromatic N) is 6. The van der Waals surface area contributed by atoms with Gasteiger partial charge >= 0.3 is 0 Å². The predicted octanol–water partition coefficient (Wildman–Crippen LogP) is 2.40. The molecule has 1 atom stereocenters. The molecule has 4 aromatic rings. The lowest BCUT2D eigenvalue weighted by Crippen LogP contribution is -2.29. The van der Waals surface area contributed by atoms with Crippen molar-refractivity contribution in [1.29, 1.82) is 0 Å². The van der Waals surface area contributed by atoms with Crippen LogP contribution in [0.3, 0.4) is 0 Å². The van der Waals surface area contributed by atoms with Crippen LogP contribution in [-0.2, 0) is 7.05 Å². The SMILES string of the molecule is CNC1CCN(c2cnc3nc(-c4cc5cn(C)nc5c(C)c4O)cc(OC)c3n2)C1. The lowest BCUT2D eigenvalue weighted by Gasteiger charge is -2.18. The van der Waals surface area contributed by atoms with Gasteiger partial charge in [0.25, 0.3) is 0 Å². The highest BCUT2D eigenvalue weighted by molar-refractivity contribution is 5.92. The molecule has 0 amide bonds. The Bertz CT molecular complexity index is 1300. The van der Waals surface area contributed by atoms with Crippen LogP contribution >= 0.6 is 0 Å². The number of ether oxygens (including phenoxy) is 1. The van der Waals surface area contributed by atoms with Gasteiger partial charge in [0.05, 0.1) is 24.5 Å². The van der Waals surface area contributed by atoms with Crippen molar-refractivity contribution in [1.82, 2.24) is 30.0 Å². The Balaban J connectivity index is 1.62. The molecule has 1 aliphatic heterocycles. The van der Waals surface area contributed by atoms with Gasteiger partial charge in [-0.2, -0.15) is 5.10 Å². The lowest BCUT2D eigenvalue weighted by atomic mass is 10.0. The number of likely N-dealkylation sites (N-methyl/N-ethyl adjacent to an activating group) is 1. The van der Waals surface area contributed by atoms with E-state index in [4.69, 9.17) is 14.7 Å². The number of aromatic nitrogens is 5. The summed E-state index contributed by atoms with van der Waals surface area (Å²) in [6.45, 7) is 3.67. The fraction of sp³-hybridized carbons (Fsp3) is 0.364. The van der Waals surface area contributed by atoms with E-state index in [2.05, 4.69) is 20.3 Å². The number of pyridine rings is 1. The maximum atomic E-state index is 10.9. The Kier molecular flexibility index (Phi) is 4.62. The average molecular weight is 419 g/mol. The number of aryl methyl sites for hydroxylation is 2. The molecule has 160 valence electrons. The van der Waals surface area contributed by atoms with Crippen molar-refractivity contribution in [3.05, 3.63) is 30.1 Å². The van der Waals surface area contributed by atoms with Crippen LogP contribution in [0.15, 0.2) is 24.5 Å². The van der Waals surface area contributed by atoms with Crippen molar-refractivity contribution < 1.29 is 9.84 Å². The third-order valence-corrected chi connectivity index (χ3v) is 6.01. The van der Waals surface area contributed by atoms with Crippen LogP contribution in [0.2, 0.25) is 0 Å². The largest absolute Gasteiger partial charge is 0.507 e. The summed E-state index contributed by atoms with van der Waals surface area (Å²) >= 11 is 0. The van der Waals surface area contributed by atoms with Gasteiger partial charge in [-0.1, -0.05) is 0 Å². The number of phenols is 1. The van der Waals surface area contributed by atoms with Gasteiger partial charge in [-0.15, -0.1) is 0 Å². The molecule has 1 unspecified atom stereocenters. The first-order chi connectivity index (χ1) is 15.0. The van der Waals surface area contributed by atoms with Crippen molar-refractivity contribution in [2.45, 2.75) is 19.4 Å². The van der Waals surface area contributed by atoms with E-state index in [9.17, 15) is 5.11 Å². The molecule has 0 aliphatic carbocycles. The monoisotopic (exact) mass is 419 g/mol. The number of aromatic hydroxyl groups is 1. The second kappa shape index (κ2) is 7.35. The predicted molar refractivity (Wildman–Crippen MR) is 120 cm³/mol. The minimum absolute atomic E-state index is 0.153. The number of anilines is 1. The zero-order valence-corrected chi connectivity index (χ0v) is 18.0. The molecular weight excluding hydrogens is 394 g/mol. The Labute approximate surface area is 179 Å². The summed E-state index contributed by atoms with van der Waals surface area (Å²) < 4.78 is 7.38. The number of fused-ring (bicyclic) bond motifs is 2. The van der Waals surface area contributed by atoms with Gasteiger partial charge in [0.1, 0.15) is 11.6 Å². The van der Waals surface area contributed by atoms with Crippen molar-refractivity contribution in [2.24, 2.45) is 7.05 Å². The first-order valence-corrected chi connectivity index (χ1v) is 10.3. The van der Waals surface area contributed by atoms with Crippen LogP contribution < -0.4 is 15.0 Å². The molecule has 4 heterocycles. The van der Waals surface area contributed by atoms with Gasteiger partial charge in [-0.25, -0.2) is 15.0 Å². The summed E-state index contributed by atoms with van der Waals surface area (Å²) in [6, 6.07) is 4.15. The van der Waals surface area contributed by atoms with Gasteiger partial charge in [0.15, 0.2) is 16.9 Å². The zero-order valence-electron chi connectivity index (χ0n) is 18.0. The maximum absolute atomic E-state index is 10.9. The summed E-state index contributed by atoms with van der Waals surface area (Å²) in [5, 5.41) is 19.5. The molecule has 2 N–H and O–H groups in total. The highest BCUT2D eigenvalue weighted by Gasteiger charge is 2.24. The topological polar surface area (TPSA) is 101 Å². The average Bonchev–Trinajstić information content (AvgIpc) is 3.41. The Morgan fingerprint density at radius 2 is 2.06 bits per heavy atom. The van der Waals surface area contributed by atoms with Gasteiger partial charge in [0.2, 0.25) is 0 Å². The molecule has 9 heteroatoms. The molecule has 3 aromatic heterocycles. The van der Waals surface area contributed by atoms with Crippen LogP contribution in [0.5, 0.6) is 11.5 Å². The van der Waals surface area contributed by atoms with E-state index in [0.29, 0.717) is 39.8 Å². The number of rotatable bonds is 4. The summed E-state index contributed by atoms with van der Waals surface area (Å²) in [7, 11) is 5.45.